The summed E-state index contributed by atoms with van der Waals surface area (Å²) in [5.41, 5.74) is -0.245. The number of nitrogens with zero attached hydrogens (tertiary/aromatic N) is 1. The van der Waals surface area contributed by atoms with Crippen LogP contribution >= 0.6 is 0 Å². The van der Waals surface area contributed by atoms with Crippen molar-refractivity contribution in [3.63, 3.8) is 0 Å². The highest BCUT2D eigenvalue weighted by Gasteiger charge is 2.14. The maximum Gasteiger partial charge on any atom is 0.339 e. The molecule has 0 aliphatic carbocycles. The lowest BCUT2D eigenvalue weighted by Gasteiger charge is -2.05. The first-order valence-electron chi connectivity index (χ1n) is 3.64. The third kappa shape index (κ3) is 1.59. The Kier molecular flexibility index (Phi) is 2.58. The highest BCUT2D eigenvalue weighted by atomic mass is 16.5. The topological polar surface area (TPSA) is 90.5 Å². The molecular formula is C9H7NO4. The molecule has 0 saturated heterocycles. The number of rotatable bonds is 2. The number of aromatic hydroxyl groups is 1. The number of hydrogen-bond donors (Lipinski definition) is 2. The number of nitriles is 1. The highest BCUT2D eigenvalue weighted by Crippen LogP contribution is 2.27. The van der Waals surface area contributed by atoms with E-state index in [0.717, 1.165) is 12.1 Å². The molecule has 0 heterocycles. The van der Waals surface area contributed by atoms with Gasteiger partial charge in [0.2, 0.25) is 0 Å². The van der Waals surface area contributed by atoms with Crippen LogP contribution in [0.15, 0.2) is 12.1 Å². The number of phenolic OH excluding ortho intramolecular Hbond substituents is 1. The molecule has 14 heavy (non-hydrogen) atoms. The van der Waals surface area contributed by atoms with E-state index >= 15 is 0 Å². The Morgan fingerprint density at radius 3 is 2.64 bits per heavy atom. The van der Waals surface area contributed by atoms with E-state index in [1.165, 1.54) is 7.11 Å². The van der Waals surface area contributed by atoms with Gasteiger partial charge in [-0.05, 0) is 6.07 Å². The van der Waals surface area contributed by atoms with Crippen molar-refractivity contribution in [2.75, 3.05) is 7.11 Å². The minimum atomic E-state index is -1.21. The van der Waals surface area contributed by atoms with Crippen LogP contribution in [0.5, 0.6) is 11.5 Å². The summed E-state index contributed by atoms with van der Waals surface area (Å²) in [7, 11) is 1.28. The molecule has 0 bridgehead atoms. The molecule has 0 aliphatic rings. The van der Waals surface area contributed by atoms with Gasteiger partial charge < -0.3 is 14.9 Å². The summed E-state index contributed by atoms with van der Waals surface area (Å²) in [4.78, 5) is 10.7. The van der Waals surface area contributed by atoms with Crippen molar-refractivity contribution >= 4 is 5.97 Å². The summed E-state index contributed by atoms with van der Waals surface area (Å²) < 4.78 is 4.74. The van der Waals surface area contributed by atoms with Crippen LogP contribution in [0.25, 0.3) is 0 Å². The first-order chi connectivity index (χ1) is 6.60. The van der Waals surface area contributed by atoms with Crippen molar-refractivity contribution in [1.82, 2.24) is 0 Å². The van der Waals surface area contributed by atoms with E-state index in [0.29, 0.717) is 0 Å². The summed E-state index contributed by atoms with van der Waals surface area (Å²) in [6.45, 7) is 0. The molecule has 5 nitrogen and oxygen atoms in total. The normalized spacial score (nSPS) is 9.14. The number of carboxylic acid groups (broad SMARTS) is 1. The maximum atomic E-state index is 10.7. The Hall–Kier alpha value is -2.22. The maximum absolute atomic E-state index is 10.7. The fraction of sp³-hybridized carbons (Fsp3) is 0.111. The van der Waals surface area contributed by atoms with Crippen molar-refractivity contribution in [2.24, 2.45) is 0 Å². The Morgan fingerprint density at radius 1 is 1.57 bits per heavy atom. The molecule has 0 fully saturated rings. The van der Waals surface area contributed by atoms with E-state index in [1.807, 2.05) is 0 Å². The molecule has 0 unspecified atom stereocenters. The zero-order valence-electron chi connectivity index (χ0n) is 7.31. The molecule has 1 aromatic rings. The quantitative estimate of drug-likeness (QED) is 0.730. The number of phenols is 1. The standard InChI is InChI=1S/C9H7NO4/c1-14-8-3-7(11)5(4-10)2-6(8)9(12)13/h2-3,11H,1H3,(H,12,13). The van der Waals surface area contributed by atoms with E-state index in [2.05, 4.69) is 0 Å². The molecule has 0 amide bonds. The van der Waals surface area contributed by atoms with Gasteiger partial charge in [-0.2, -0.15) is 5.26 Å². The lowest BCUT2D eigenvalue weighted by Crippen LogP contribution is -2.01. The lowest BCUT2D eigenvalue weighted by molar-refractivity contribution is 0.0693. The largest absolute Gasteiger partial charge is 0.506 e. The third-order valence-corrected chi connectivity index (χ3v) is 1.67. The molecule has 72 valence electrons. The summed E-state index contributed by atoms with van der Waals surface area (Å²) in [6.07, 6.45) is 0. The molecule has 1 rings (SSSR count). The van der Waals surface area contributed by atoms with Gasteiger partial charge in [0.1, 0.15) is 23.1 Å². The number of carboxylic acids is 1. The zero-order valence-corrected chi connectivity index (χ0v) is 7.31. The predicted octanol–water partition coefficient (Wildman–Crippen LogP) is 0.971. The Balaban J connectivity index is 3.42. The zero-order chi connectivity index (χ0) is 10.7. The van der Waals surface area contributed by atoms with Gasteiger partial charge in [-0.25, -0.2) is 4.79 Å². The number of carbonyl (C=O) groups is 1. The van der Waals surface area contributed by atoms with Crippen LogP contribution in [0, 0.1) is 11.3 Å². The van der Waals surface area contributed by atoms with Crippen molar-refractivity contribution < 1.29 is 19.7 Å². The van der Waals surface area contributed by atoms with E-state index in [9.17, 15) is 9.90 Å². The number of aromatic carboxylic acids is 1. The van der Waals surface area contributed by atoms with E-state index < -0.39 is 5.97 Å². The summed E-state index contributed by atoms with van der Waals surface area (Å²) >= 11 is 0. The molecule has 0 aliphatic heterocycles. The molecule has 5 heteroatoms. The minimum Gasteiger partial charge on any atom is -0.506 e. The monoisotopic (exact) mass is 193 g/mol. The molecule has 0 atom stereocenters. The number of methoxy groups -OCH3 is 1. The van der Waals surface area contributed by atoms with Crippen LogP contribution in [-0.2, 0) is 0 Å². The van der Waals surface area contributed by atoms with E-state index in [-0.39, 0.29) is 22.6 Å². The fourth-order valence-electron chi connectivity index (χ4n) is 0.995. The summed E-state index contributed by atoms with van der Waals surface area (Å²) in [6, 6.07) is 3.84. The van der Waals surface area contributed by atoms with Gasteiger partial charge in [0.05, 0.1) is 12.7 Å². The van der Waals surface area contributed by atoms with Crippen LogP contribution in [0.4, 0.5) is 0 Å². The average molecular weight is 193 g/mol. The first kappa shape index (κ1) is 9.86. The number of hydrogen-bond acceptors (Lipinski definition) is 4. The molecular weight excluding hydrogens is 186 g/mol. The summed E-state index contributed by atoms with van der Waals surface area (Å²) in [5.74, 6) is -1.48. The van der Waals surface area contributed by atoms with Crippen LogP contribution in [0.1, 0.15) is 15.9 Å². The number of ether oxygens (including phenoxy) is 1. The van der Waals surface area contributed by atoms with Crippen LogP contribution in [-0.4, -0.2) is 23.3 Å². The Labute approximate surface area is 79.8 Å². The Bertz CT molecular complexity index is 420. The van der Waals surface area contributed by atoms with Crippen molar-refractivity contribution in [3.8, 4) is 17.6 Å². The minimum absolute atomic E-state index is 0.0222. The van der Waals surface area contributed by atoms with Gasteiger partial charge in [-0.15, -0.1) is 0 Å². The Morgan fingerprint density at radius 2 is 2.21 bits per heavy atom. The van der Waals surface area contributed by atoms with Crippen molar-refractivity contribution in [2.45, 2.75) is 0 Å². The van der Waals surface area contributed by atoms with Gasteiger partial charge in [0, 0.05) is 6.07 Å². The second-order valence-electron chi connectivity index (χ2n) is 2.49. The molecule has 0 radical (unpaired) electrons. The first-order valence-corrected chi connectivity index (χ1v) is 3.64. The lowest BCUT2D eigenvalue weighted by atomic mass is 10.1. The molecule has 0 aromatic heterocycles. The SMILES string of the molecule is COc1cc(O)c(C#N)cc1C(=O)O. The predicted molar refractivity (Wildman–Crippen MR) is 46.3 cm³/mol. The second-order valence-corrected chi connectivity index (χ2v) is 2.49. The van der Waals surface area contributed by atoms with Crippen molar-refractivity contribution in [3.05, 3.63) is 23.3 Å². The highest BCUT2D eigenvalue weighted by molar-refractivity contribution is 5.91. The van der Waals surface area contributed by atoms with Crippen LogP contribution < -0.4 is 4.74 Å². The van der Waals surface area contributed by atoms with Crippen molar-refractivity contribution in [1.29, 1.82) is 5.26 Å². The third-order valence-electron chi connectivity index (χ3n) is 1.67. The fourth-order valence-corrected chi connectivity index (χ4v) is 0.995. The smallest absolute Gasteiger partial charge is 0.339 e. The molecule has 2 N–H and O–H groups in total. The molecule has 0 spiro atoms. The molecule has 0 saturated carbocycles. The van der Waals surface area contributed by atoms with Gasteiger partial charge in [0.25, 0.3) is 0 Å². The van der Waals surface area contributed by atoms with E-state index in [4.69, 9.17) is 15.1 Å². The second kappa shape index (κ2) is 3.66. The average Bonchev–Trinajstić information content (AvgIpc) is 2.16. The van der Waals surface area contributed by atoms with E-state index in [1.54, 1.807) is 6.07 Å². The molecule has 1 aromatic carbocycles. The van der Waals surface area contributed by atoms with Crippen LogP contribution in [0.2, 0.25) is 0 Å². The van der Waals surface area contributed by atoms with Gasteiger partial charge >= 0.3 is 5.97 Å². The summed E-state index contributed by atoms with van der Waals surface area (Å²) in [5, 5.41) is 26.5. The van der Waals surface area contributed by atoms with Crippen LogP contribution in [0.3, 0.4) is 0 Å². The van der Waals surface area contributed by atoms with Gasteiger partial charge in [-0.3, -0.25) is 0 Å². The van der Waals surface area contributed by atoms with Gasteiger partial charge in [-0.1, -0.05) is 0 Å². The van der Waals surface area contributed by atoms with Gasteiger partial charge in [0.15, 0.2) is 0 Å². The number of benzene rings is 1.